The number of fused-ring (bicyclic) bond motifs is 3. The molecule has 0 atom stereocenters. The second-order valence-corrected chi connectivity index (χ2v) is 8.03. The van der Waals surface area contributed by atoms with Crippen molar-refractivity contribution in [3.8, 4) is 0 Å². The van der Waals surface area contributed by atoms with E-state index in [4.69, 9.17) is 0 Å². The smallest absolute Gasteiger partial charge is 0.266 e. The van der Waals surface area contributed by atoms with Crippen LogP contribution in [0.15, 0.2) is 50.4 Å². The van der Waals surface area contributed by atoms with Crippen LogP contribution in [0.1, 0.15) is 5.56 Å². The monoisotopic (exact) mass is 400 g/mol. The van der Waals surface area contributed by atoms with Crippen LogP contribution in [0.2, 0.25) is 0 Å². The Morgan fingerprint density at radius 1 is 1.12 bits per heavy atom. The van der Waals surface area contributed by atoms with Gasteiger partial charge in [0.05, 0.1) is 16.0 Å². The van der Waals surface area contributed by atoms with Crippen LogP contribution in [0.3, 0.4) is 0 Å². The molecule has 0 aliphatic rings. The van der Waals surface area contributed by atoms with Crippen LogP contribution >= 0.6 is 11.3 Å². The molecule has 4 aromatic rings. The third-order valence-corrected chi connectivity index (χ3v) is 6.26. The highest BCUT2D eigenvalue weighted by atomic mass is 32.2. The Balaban J connectivity index is 1.91. The molecule has 0 amide bonds. The number of sulfone groups is 1. The maximum absolute atomic E-state index is 12.7. The van der Waals surface area contributed by atoms with Gasteiger partial charge in [0, 0.05) is 0 Å². The zero-order chi connectivity index (χ0) is 18.7. The molecular weight excluding hydrogens is 393 g/mol. The highest BCUT2D eigenvalue weighted by Gasteiger charge is 2.32. The zero-order valence-electron chi connectivity index (χ0n) is 12.5. The van der Waals surface area contributed by atoms with Crippen LogP contribution in [0.4, 0.5) is 13.2 Å². The van der Waals surface area contributed by atoms with Crippen molar-refractivity contribution >= 4 is 37.0 Å². The molecule has 1 N–H and O–H groups in total. The summed E-state index contributed by atoms with van der Waals surface area (Å²) < 4.78 is 65.0. The van der Waals surface area contributed by atoms with E-state index >= 15 is 0 Å². The number of hydrogen-bond acceptors (Lipinski definition) is 6. The van der Waals surface area contributed by atoms with E-state index in [1.54, 1.807) is 11.4 Å². The van der Waals surface area contributed by atoms with Gasteiger partial charge in [-0.05, 0) is 35.7 Å². The Bertz CT molecular complexity index is 1300. The molecule has 3 aromatic heterocycles. The molecule has 0 bridgehead atoms. The fourth-order valence-corrected chi connectivity index (χ4v) is 4.47. The molecule has 0 aliphatic heterocycles. The van der Waals surface area contributed by atoms with Crippen molar-refractivity contribution in [3.63, 3.8) is 0 Å². The van der Waals surface area contributed by atoms with E-state index in [2.05, 4.69) is 15.3 Å². The third kappa shape index (κ3) is 2.41. The summed E-state index contributed by atoms with van der Waals surface area (Å²) >= 11 is 1.15. The first-order valence-corrected chi connectivity index (χ1v) is 9.32. The molecule has 134 valence electrons. The molecule has 7 nitrogen and oxygen atoms in total. The minimum absolute atomic E-state index is 0.221. The molecule has 1 aromatic carbocycles. The van der Waals surface area contributed by atoms with Crippen LogP contribution in [-0.2, 0) is 16.0 Å². The standard InChI is InChI=1S/C14H7F3N4O3S2/c15-14(16,17)7-1-3-8(4-2-7)26(23,24)13-11-18-12(22)10-9(5-6-25-10)21(11)20-19-13/h1-6,20H. The molecular formula is C14H7F3N4O3S2. The normalized spacial score (nSPS) is 12.9. The van der Waals surface area contributed by atoms with E-state index in [1.165, 1.54) is 4.52 Å². The summed E-state index contributed by atoms with van der Waals surface area (Å²) in [6.45, 7) is 0. The van der Waals surface area contributed by atoms with Gasteiger partial charge >= 0.3 is 6.18 Å². The predicted molar refractivity (Wildman–Crippen MR) is 85.9 cm³/mol. The highest BCUT2D eigenvalue weighted by Crippen LogP contribution is 2.31. The van der Waals surface area contributed by atoms with Crippen molar-refractivity contribution in [3.05, 3.63) is 51.6 Å². The van der Waals surface area contributed by atoms with E-state index in [0.29, 0.717) is 22.3 Å². The lowest BCUT2D eigenvalue weighted by Crippen LogP contribution is -2.11. The Kier molecular flexibility index (Phi) is 3.46. The maximum Gasteiger partial charge on any atom is 0.416 e. The fraction of sp³-hybridized carbons (Fsp3) is 0.0714. The molecule has 0 saturated carbocycles. The first-order valence-electron chi connectivity index (χ1n) is 6.96. The van der Waals surface area contributed by atoms with E-state index in [0.717, 1.165) is 23.5 Å². The summed E-state index contributed by atoms with van der Waals surface area (Å²) in [6, 6.07) is 4.61. The van der Waals surface area contributed by atoms with Crippen LogP contribution in [0, 0.1) is 0 Å². The van der Waals surface area contributed by atoms with Crippen molar-refractivity contribution in [2.75, 3.05) is 0 Å². The molecule has 26 heavy (non-hydrogen) atoms. The van der Waals surface area contributed by atoms with Crippen molar-refractivity contribution in [2.45, 2.75) is 16.1 Å². The summed E-state index contributed by atoms with van der Waals surface area (Å²) in [5.41, 5.74) is -1.40. The van der Waals surface area contributed by atoms with Gasteiger partial charge in [-0.3, -0.25) is 4.79 Å². The second kappa shape index (κ2) is 5.38. The Hall–Kier alpha value is -2.73. The first-order chi connectivity index (χ1) is 12.2. The summed E-state index contributed by atoms with van der Waals surface area (Å²) in [5.74, 6) is 0. The van der Waals surface area contributed by atoms with E-state index in [-0.39, 0.29) is 10.5 Å². The van der Waals surface area contributed by atoms with Gasteiger partial charge in [0.1, 0.15) is 4.70 Å². The van der Waals surface area contributed by atoms with Gasteiger partial charge in [-0.2, -0.15) is 18.2 Å². The van der Waals surface area contributed by atoms with E-state index in [1.807, 2.05) is 0 Å². The number of halogens is 3. The minimum atomic E-state index is -4.58. The number of alkyl halides is 3. The number of hydrogen-bond donors (Lipinski definition) is 1. The van der Waals surface area contributed by atoms with Crippen LogP contribution in [-0.4, -0.2) is 28.2 Å². The van der Waals surface area contributed by atoms with Crippen molar-refractivity contribution < 1.29 is 21.6 Å². The highest BCUT2D eigenvalue weighted by molar-refractivity contribution is 7.91. The number of benzene rings is 1. The molecule has 0 saturated heterocycles. The zero-order valence-corrected chi connectivity index (χ0v) is 14.1. The summed E-state index contributed by atoms with van der Waals surface area (Å²) in [7, 11) is -4.28. The molecule has 3 heterocycles. The van der Waals surface area contributed by atoms with E-state index < -0.39 is 32.2 Å². The maximum atomic E-state index is 12.7. The van der Waals surface area contributed by atoms with Crippen molar-refractivity contribution in [2.24, 2.45) is 0 Å². The number of rotatable bonds is 2. The average molecular weight is 400 g/mol. The van der Waals surface area contributed by atoms with Gasteiger partial charge in [0.2, 0.25) is 14.9 Å². The van der Waals surface area contributed by atoms with Gasteiger partial charge in [-0.15, -0.1) is 16.4 Å². The number of thiophene rings is 1. The molecule has 0 fully saturated rings. The second-order valence-electron chi connectivity index (χ2n) is 5.25. The van der Waals surface area contributed by atoms with Gasteiger partial charge in [0.15, 0.2) is 5.65 Å². The molecule has 0 aliphatic carbocycles. The van der Waals surface area contributed by atoms with Crippen LogP contribution in [0.25, 0.3) is 15.9 Å². The van der Waals surface area contributed by atoms with Crippen molar-refractivity contribution in [1.82, 2.24) is 19.8 Å². The lowest BCUT2D eigenvalue weighted by atomic mass is 10.2. The number of aromatic nitrogens is 4. The summed E-state index contributed by atoms with van der Waals surface area (Å²) in [4.78, 5) is 15.4. The van der Waals surface area contributed by atoms with E-state index in [9.17, 15) is 26.4 Å². The quantitative estimate of drug-likeness (QED) is 0.558. The number of nitrogens with zero attached hydrogens (tertiary/aromatic N) is 3. The van der Waals surface area contributed by atoms with Gasteiger partial charge in [-0.1, -0.05) is 0 Å². The first kappa shape index (κ1) is 16.7. The lowest BCUT2D eigenvalue weighted by molar-refractivity contribution is -0.137. The lowest BCUT2D eigenvalue weighted by Gasteiger charge is -2.07. The van der Waals surface area contributed by atoms with Gasteiger partial charge in [-0.25, -0.2) is 18.1 Å². The van der Waals surface area contributed by atoms with Crippen molar-refractivity contribution in [1.29, 1.82) is 0 Å². The minimum Gasteiger partial charge on any atom is -0.266 e. The van der Waals surface area contributed by atoms with Gasteiger partial charge in [0.25, 0.3) is 5.56 Å². The SMILES string of the molecule is O=c1nc2c(S(=O)(=O)c3ccc(C(F)(F)F)cc3)n[nH]n2c2ccsc12. The number of nitrogens with one attached hydrogen (secondary N) is 1. The third-order valence-electron chi connectivity index (χ3n) is 3.69. The largest absolute Gasteiger partial charge is 0.416 e. The number of aromatic amines is 1. The Labute approximate surface area is 146 Å². The summed E-state index contributed by atoms with van der Waals surface area (Å²) in [5, 5.41) is 7.29. The predicted octanol–water partition coefficient (Wildman–Crippen LogP) is 2.48. The number of H-pyrrole nitrogens is 1. The Morgan fingerprint density at radius 3 is 2.46 bits per heavy atom. The fourth-order valence-electron chi connectivity index (χ4n) is 2.45. The van der Waals surface area contributed by atoms with Gasteiger partial charge < -0.3 is 0 Å². The molecule has 4 rings (SSSR count). The van der Waals surface area contributed by atoms with Crippen LogP contribution in [0.5, 0.6) is 0 Å². The molecule has 12 heteroatoms. The average Bonchev–Trinajstić information content (AvgIpc) is 3.21. The molecule has 0 radical (unpaired) electrons. The summed E-state index contributed by atoms with van der Waals surface area (Å²) in [6.07, 6.45) is -4.58. The molecule has 0 spiro atoms. The van der Waals surface area contributed by atoms with Crippen LogP contribution < -0.4 is 5.56 Å². The Morgan fingerprint density at radius 2 is 1.81 bits per heavy atom. The topological polar surface area (TPSA) is 97.2 Å². The molecule has 0 unspecified atom stereocenters.